The van der Waals surface area contributed by atoms with Gasteiger partial charge in [-0.15, -0.1) is 0 Å². The van der Waals surface area contributed by atoms with Crippen molar-refractivity contribution in [2.75, 3.05) is 16.8 Å². The fourth-order valence-corrected chi connectivity index (χ4v) is 4.91. The van der Waals surface area contributed by atoms with E-state index in [0.29, 0.717) is 29.1 Å². The van der Waals surface area contributed by atoms with Gasteiger partial charge in [-0.3, -0.25) is 5.32 Å². The number of aromatic nitrogens is 3. The number of ether oxygens (including phenoxy) is 2. The molecule has 0 saturated heterocycles. The summed E-state index contributed by atoms with van der Waals surface area (Å²) in [6.45, 7) is 1.95. The summed E-state index contributed by atoms with van der Waals surface area (Å²) in [6, 6.07) is 13.9. The molecule has 1 atom stereocenters. The normalized spacial score (nSPS) is 16.2. The van der Waals surface area contributed by atoms with E-state index < -0.39 is 6.09 Å². The Hall–Kier alpha value is -4.27. The maximum Gasteiger partial charge on any atom is 0.411 e. The van der Waals surface area contributed by atoms with Gasteiger partial charge in [0.05, 0.1) is 16.9 Å². The summed E-state index contributed by atoms with van der Waals surface area (Å²) in [5, 5.41) is 3.79. The minimum absolute atomic E-state index is 0.0588. The number of anilines is 3. The van der Waals surface area contributed by atoms with Gasteiger partial charge in [-0.2, -0.15) is 0 Å². The van der Waals surface area contributed by atoms with E-state index in [4.69, 9.17) is 20.9 Å². The molecule has 9 nitrogen and oxygen atoms in total. The van der Waals surface area contributed by atoms with Crippen LogP contribution < -0.4 is 21.5 Å². The van der Waals surface area contributed by atoms with Crippen LogP contribution in [-0.4, -0.2) is 26.7 Å². The molecule has 0 aliphatic heterocycles. The highest BCUT2D eigenvalue weighted by Crippen LogP contribution is 2.45. The van der Waals surface area contributed by atoms with Gasteiger partial charge in [0, 0.05) is 41.1 Å². The number of hydrogen-bond acceptors (Lipinski definition) is 7. The van der Waals surface area contributed by atoms with Crippen molar-refractivity contribution in [3.8, 4) is 22.9 Å². The number of benzene rings is 2. The Morgan fingerprint density at radius 2 is 1.81 bits per heavy atom. The van der Waals surface area contributed by atoms with E-state index >= 15 is 0 Å². The predicted octanol–water partition coefficient (Wildman–Crippen LogP) is 6.13. The third-order valence-corrected chi connectivity index (χ3v) is 7.34. The maximum absolute atomic E-state index is 12.3. The lowest BCUT2D eigenvalue weighted by Gasteiger charge is -2.30. The zero-order valence-corrected chi connectivity index (χ0v) is 20.7. The van der Waals surface area contributed by atoms with Crippen LogP contribution >= 0.6 is 0 Å². The largest absolute Gasteiger partial charge is 0.446 e. The highest BCUT2D eigenvalue weighted by molar-refractivity contribution is 6.02. The average Bonchev–Trinajstić information content (AvgIpc) is 3.67. The van der Waals surface area contributed by atoms with Gasteiger partial charge in [0.2, 0.25) is 0 Å². The molecule has 2 fully saturated rings. The second-order valence-electron chi connectivity index (χ2n) is 9.89. The van der Waals surface area contributed by atoms with Crippen LogP contribution in [0.25, 0.3) is 22.2 Å². The molecule has 4 aromatic rings. The van der Waals surface area contributed by atoms with Gasteiger partial charge < -0.3 is 25.5 Å². The number of nitrogens with zero attached hydrogens (tertiary/aromatic N) is 3. The van der Waals surface area contributed by atoms with Crippen molar-refractivity contribution in [3.63, 3.8) is 0 Å². The van der Waals surface area contributed by atoms with Crippen LogP contribution in [0, 0.1) is 5.92 Å². The predicted molar refractivity (Wildman–Crippen MR) is 143 cm³/mol. The van der Waals surface area contributed by atoms with Gasteiger partial charge in [-0.05, 0) is 69.2 Å². The lowest BCUT2D eigenvalue weighted by molar-refractivity contribution is 0.108. The zero-order chi connectivity index (χ0) is 25.5. The smallest absolute Gasteiger partial charge is 0.411 e. The number of nitrogens with two attached hydrogens (primary N) is 2. The van der Waals surface area contributed by atoms with E-state index in [1.54, 1.807) is 6.20 Å². The van der Waals surface area contributed by atoms with Crippen LogP contribution in [-0.2, 0) is 4.74 Å². The third-order valence-electron chi connectivity index (χ3n) is 7.34. The standard InChI is InChI=1S/C28H30N6O3/c1-16(17-5-6-17)36-28(35)33-19-9-7-18(8-10-19)25-24(29)22-12-11-21(37-27-26(30)31-13-14-32-27)15-23(22)34(25)20-3-2-4-20/h7-17,20H,2-6,29H2,1H3,(H2,30,31)(H,33,35)/t16-/m1/s1. The van der Waals surface area contributed by atoms with Crippen LogP contribution in [0.15, 0.2) is 54.9 Å². The van der Waals surface area contributed by atoms with Crippen LogP contribution in [0.1, 0.15) is 45.1 Å². The molecular weight excluding hydrogens is 468 g/mol. The van der Waals surface area contributed by atoms with Crippen molar-refractivity contribution in [3.05, 3.63) is 54.9 Å². The highest BCUT2D eigenvalue weighted by Gasteiger charge is 2.31. The van der Waals surface area contributed by atoms with Crippen LogP contribution in [0.4, 0.5) is 22.0 Å². The van der Waals surface area contributed by atoms with E-state index in [2.05, 4.69) is 19.9 Å². The molecule has 5 N–H and O–H groups in total. The minimum atomic E-state index is -0.425. The van der Waals surface area contributed by atoms with Crippen LogP contribution in [0.5, 0.6) is 11.6 Å². The quantitative estimate of drug-likeness (QED) is 0.279. The summed E-state index contributed by atoms with van der Waals surface area (Å²) < 4.78 is 13.8. The molecule has 37 heavy (non-hydrogen) atoms. The SMILES string of the molecule is C[C@@H](OC(=O)Nc1ccc(-c2c(N)c3ccc(Oc4nccnc4N)cc3n2C2CCC2)cc1)C1CC1. The summed E-state index contributed by atoms with van der Waals surface area (Å²) in [5.41, 5.74) is 17.0. The van der Waals surface area contributed by atoms with Crippen molar-refractivity contribution >= 4 is 34.2 Å². The van der Waals surface area contributed by atoms with Gasteiger partial charge in [-0.25, -0.2) is 14.8 Å². The van der Waals surface area contributed by atoms with Crippen molar-refractivity contribution in [1.29, 1.82) is 0 Å². The fourth-order valence-electron chi connectivity index (χ4n) is 4.91. The number of hydrogen-bond donors (Lipinski definition) is 3. The Morgan fingerprint density at radius 3 is 2.49 bits per heavy atom. The average molecular weight is 499 g/mol. The van der Waals surface area contributed by atoms with Crippen LogP contribution in [0.3, 0.4) is 0 Å². The topological polar surface area (TPSA) is 130 Å². The first-order chi connectivity index (χ1) is 18.0. The molecule has 0 radical (unpaired) electrons. The lowest BCUT2D eigenvalue weighted by atomic mass is 9.92. The monoisotopic (exact) mass is 498 g/mol. The third kappa shape index (κ3) is 4.52. The molecule has 2 aromatic carbocycles. The van der Waals surface area contributed by atoms with E-state index in [1.807, 2.05) is 49.4 Å². The van der Waals surface area contributed by atoms with Gasteiger partial charge >= 0.3 is 6.09 Å². The van der Waals surface area contributed by atoms with Crippen molar-refractivity contribution < 1.29 is 14.3 Å². The molecule has 2 heterocycles. The number of nitrogens with one attached hydrogen (secondary N) is 1. The van der Waals surface area contributed by atoms with Gasteiger partial charge in [0.15, 0.2) is 5.82 Å². The van der Waals surface area contributed by atoms with Crippen LogP contribution in [0.2, 0.25) is 0 Å². The summed E-state index contributed by atoms with van der Waals surface area (Å²) >= 11 is 0. The molecule has 6 rings (SSSR count). The molecule has 0 bridgehead atoms. The molecule has 190 valence electrons. The molecule has 9 heteroatoms. The summed E-state index contributed by atoms with van der Waals surface area (Å²) in [5.74, 6) is 1.61. The summed E-state index contributed by atoms with van der Waals surface area (Å²) in [7, 11) is 0. The second-order valence-corrected chi connectivity index (χ2v) is 9.89. The minimum Gasteiger partial charge on any atom is -0.446 e. The Morgan fingerprint density at radius 1 is 1.05 bits per heavy atom. The Labute approximate surface area is 214 Å². The van der Waals surface area contributed by atoms with Gasteiger partial charge in [0.1, 0.15) is 11.9 Å². The zero-order valence-electron chi connectivity index (χ0n) is 20.7. The first-order valence-corrected chi connectivity index (χ1v) is 12.7. The van der Waals surface area contributed by atoms with Gasteiger partial charge in [0.25, 0.3) is 5.88 Å². The van der Waals surface area contributed by atoms with Gasteiger partial charge in [-0.1, -0.05) is 12.1 Å². The molecular formula is C28H30N6O3. The molecule has 0 spiro atoms. The van der Waals surface area contributed by atoms with Crippen molar-refractivity contribution in [1.82, 2.24) is 14.5 Å². The summed E-state index contributed by atoms with van der Waals surface area (Å²) in [4.78, 5) is 20.5. The van der Waals surface area contributed by atoms with E-state index in [0.717, 1.165) is 47.8 Å². The first-order valence-electron chi connectivity index (χ1n) is 12.7. The number of carbonyl (C=O) groups is 1. The second kappa shape index (κ2) is 9.31. The number of carbonyl (C=O) groups excluding carboxylic acids is 1. The van der Waals surface area contributed by atoms with E-state index in [1.165, 1.54) is 12.6 Å². The van der Waals surface area contributed by atoms with E-state index in [9.17, 15) is 4.79 Å². The summed E-state index contributed by atoms with van der Waals surface area (Å²) in [6.07, 6.45) is 8.19. The fraction of sp³-hybridized carbons (Fsp3) is 0.321. The Kier molecular flexibility index (Phi) is 5.82. The lowest BCUT2D eigenvalue weighted by Crippen LogP contribution is -2.21. The molecule has 2 aliphatic carbocycles. The molecule has 2 aliphatic rings. The molecule has 2 aromatic heterocycles. The maximum atomic E-state index is 12.3. The Bertz CT molecular complexity index is 1460. The molecule has 2 saturated carbocycles. The highest BCUT2D eigenvalue weighted by atomic mass is 16.6. The first kappa shape index (κ1) is 23.1. The molecule has 0 unspecified atom stereocenters. The molecule has 1 amide bonds. The van der Waals surface area contributed by atoms with E-state index in [-0.39, 0.29) is 17.8 Å². The number of fused-ring (bicyclic) bond motifs is 1. The number of amides is 1. The van der Waals surface area contributed by atoms with Crippen molar-refractivity contribution in [2.24, 2.45) is 5.92 Å². The Balaban J connectivity index is 1.31. The van der Waals surface area contributed by atoms with Crippen molar-refractivity contribution in [2.45, 2.75) is 51.2 Å². The number of nitrogen functional groups attached to an aromatic ring is 2. The number of rotatable bonds is 7.